The number of hydrogen-bond donors (Lipinski definition) is 2. The Morgan fingerprint density at radius 2 is 1.60 bits per heavy atom. The fourth-order valence-electron chi connectivity index (χ4n) is 4.54. The number of ether oxygens (including phenoxy) is 1. The molecule has 2 heterocycles. The first kappa shape index (κ1) is 28.8. The Morgan fingerprint density at radius 1 is 1.00 bits per heavy atom. The number of methoxy groups -OCH3 is 1. The van der Waals surface area contributed by atoms with E-state index in [-0.39, 0.29) is 37.5 Å². The van der Waals surface area contributed by atoms with Crippen molar-refractivity contribution in [2.24, 2.45) is 5.73 Å². The number of non-ortho nitro benzene ring substituents is 1. The van der Waals surface area contributed by atoms with Crippen molar-refractivity contribution in [1.82, 2.24) is 4.57 Å². The van der Waals surface area contributed by atoms with Crippen molar-refractivity contribution in [3.05, 3.63) is 129 Å². The predicted octanol–water partition coefficient (Wildman–Crippen LogP) is 3.84. The van der Waals surface area contributed by atoms with Gasteiger partial charge in [-0.25, -0.2) is 4.79 Å². The third-order valence-electron chi connectivity index (χ3n) is 6.51. The van der Waals surface area contributed by atoms with Crippen molar-refractivity contribution in [1.29, 1.82) is 0 Å². The molecule has 5 rings (SSSR count). The summed E-state index contributed by atoms with van der Waals surface area (Å²) in [4.78, 5) is 51.4. The normalized spacial score (nSPS) is 14.9. The molecule has 0 bridgehead atoms. The number of nitro groups is 1. The van der Waals surface area contributed by atoms with Crippen LogP contribution in [0.4, 0.5) is 11.4 Å². The zero-order valence-corrected chi connectivity index (χ0v) is 24.0. The second-order valence-corrected chi connectivity index (χ2v) is 11.0. The minimum absolute atomic E-state index is 0.0446. The molecule has 0 saturated carbocycles. The quantitative estimate of drug-likeness (QED) is 0.189. The largest absolute Gasteiger partial charge is 0.466 e. The molecule has 0 fully saturated rings. The summed E-state index contributed by atoms with van der Waals surface area (Å²) >= 11 is 13.1. The number of carbonyl (C=O) groups excluding carboxylic acids is 2. The fraction of sp³-hybridized carbons (Fsp3) is 0.0690. The van der Waals surface area contributed by atoms with Gasteiger partial charge in [-0.05, 0) is 53.6 Å². The third kappa shape index (κ3) is 5.45. The van der Waals surface area contributed by atoms with Gasteiger partial charge < -0.3 is 15.8 Å². The highest BCUT2D eigenvalue weighted by atomic mass is 35.5. The SMILES string of the molecule is COC(=O)C1=C(N)n2c(s/c(=C/c3ccc(Cl)cc3)c2=O)=C(C(=O)Nc2ccc([N+](=O)[O-])cc2)C1c1ccc(Cl)cc1. The van der Waals surface area contributed by atoms with Gasteiger partial charge in [-0.2, -0.15) is 0 Å². The highest BCUT2D eigenvalue weighted by Gasteiger charge is 2.39. The topological polar surface area (TPSA) is 147 Å². The van der Waals surface area contributed by atoms with Crippen molar-refractivity contribution in [2.45, 2.75) is 5.92 Å². The molecule has 0 saturated heterocycles. The minimum Gasteiger partial charge on any atom is -0.466 e. The molecule has 4 aromatic rings. The highest BCUT2D eigenvalue weighted by molar-refractivity contribution is 7.07. The summed E-state index contributed by atoms with van der Waals surface area (Å²) < 4.78 is 6.61. The van der Waals surface area contributed by atoms with Crippen molar-refractivity contribution in [3.8, 4) is 0 Å². The summed E-state index contributed by atoms with van der Waals surface area (Å²) in [6.45, 7) is 0. The Balaban J connectivity index is 1.79. The monoisotopic (exact) mass is 622 g/mol. The van der Waals surface area contributed by atoms with Crippen LogP contribution < -0.4 is 25.8 Å². The predicted molar refractivity (Wildman–Crippen MR) is 162 cm³/mol. The zero-order valence-electron chi connectivity index (χ0n) is 21.7. The standard InChI is InChI=1S/C29H20Cl2N4O6S/c1-41-29(38)23-22(16-4-8-18(31)9-5-16)24(26(36)33-19-10-12-20(13-11-19)35(39)40)28-34(25(23)32)27(37)21(42-28)14-15-2-6-17(30)7-3-15/h2-14,22H,32H2,1H3,(H,33,36)/b21-14+. The number of nitrogens with one attached hydrogen (secondary N) is 1. The van der Waals surface area contributed by atoms with Gasteiger partial charge in [-0.15, -0.1) is 11.3 Å². The molecule has 0 aliphatic carbocycles. The molecule has 3 N–H and O–H groups in total. The molecule has 1 aliphatic rings. The number of anilines is 1. The molecule has 0 radical (unpaired) electrons. The van der Waals surface area contributed by atoms with Crippen LogP contribution in [-0.4, -0.2) is 28.5 Å². The number of rotatable bonds is 6. The van der Waals surface area contributed by atoms with Crippen LogP contribution in [0.15, 0.2) is 83.2 Å². The smallest absolute Gasteiger partial charge is 0.338 e. The second kappa shape index (κ2) is 11.6. The maximum atomic E-state index is 14.0. The van der Waals surface area contributed by atoms with E-state index >= 15 is 0 Å². The number of thiazole rings is 1. The van der Waals surface area contributed by atoms with Crippen molar-refractivity contribution in [2.75, 3.05) is 12.4 Å². The van der Waals surface area contributed by atoms with E-state index in [1.54, 1.807) is 54.6 Å². The van der Waals surface area contributed by atoms with Crippen LogP contribution in [0.3, 0.4) is 0 Å². The number of nitrogens with zero attached hydrogens (tertiary/aromatic N) is 2. The van der Waals surface area contributed by atoms with Gasteiger partial charge in [-0.3, -0.25) is 24.3 Å². The molecule has 13 heteroatoms. The third-order valence-corrected chi connectivity index (χ3v) is 8.12. The molecule has 212 valence electrons. The molecule has 3 aromatic carbocycles. The summed E-state index contributed by atoms with van der Waals surface area (Å²) in [5.74, 6) is -2.72. The lowest BCUT2D eigenvalue weighted by molar-refractivity contribution is -0.384. The number of nitro benzene ring substituents is 1. The second-order valence-electron chi connectivity index (χ2n) is 9.05. The fourth-order valence-corrected chi connectivity index (χ4v) is 5.97. The summed E-state index contributed by atoms with van der Waals surface area (Å²) in [5, 5.41) is 14.8. The van der Waals surface area contributed by atoms with Crippen LogP contribution in [0.2, 0.25) is 10.0 Å². The Hall–Kier alpha value is -4.71. The molecule has 10 nitrogen and oxygen atoms in total. The van der Waals surface area contributed by atoms with E-state index in [2.05, 4.69) is 5.32 Å². The first-order chi connectivity index (χ1) is 20.1. The van der Waals surface area contributed by atoms with Gasteiger partial charge in [0.05, 0.1) is 33.6 Å². The van der Waals surface area contributed by atoms with Crippen molar-refractivity contribution in [3.63, 3.8) is 0 Å². The van der Waals surface area contributed by atoms with E-state index in [1.807, 2.05) is 0 Å². The number of aromatic nitrogens is 1. The molecular weight excluding hydrogens is 603 g/mol. The maximum Gasteiger partial charge on any atom is 0.338 e. The van der Waals surface area contributed by atoms with Crippen LogP contribution in [-0.2, 0) is 14.3 Å². The van der Waals surface area contributed by atoms with Gasteiger partial charge in [-0.1, -0.05) is 47.5 Å². The summed E-state index contributed by atoms with van der Waals surface area (Å²) in [6.07, 6.45) is 1.63. The van der Waals surface area contributed by atoms with Crippen LogP contribution in [0.1, 0.15) is 17.0 Å². The molecular formula is C29H20Cl2N4O6S. The molecule has 1 amide bonds. The summed E-state index contributed by atoms with van der Waals surface area (Å²) in [7, 11) is 1.17. The average Bonchev–Trinajstić information content (AvgIpc) is 3.29. The van der Waals surface area contributed by atoms with Crippen LogP contribution >= 0.6 is 34.5 Å². The average molecular weight is 623 g/mol. The van der Waals surface area contributed by atoms with E-state index in [0.717, 1.165) is 15.9 Å². The lowest BCUT2D eigenvalue weighted by Gasteiger charge is -2.27. The molecule has 1 unspecified atom stereocenters. The van der Waals surface area contributed by atoms with Crippen LogP contribution in [0.5, 0.6) is 0 Å². The number of halogens is 2. The highest BCUT2D eigenvalue weighted by Crippen LogP contribution is 2.38. The van der Waals surface area contributed by atoms with Gasteiger partial charge in [0.25, 0.3) is 17.2 Å². The number of fused-ring (bicyclic) bond motifs is 1. The Bertz CT molecular complexity index is 1950. The number of carbonyl (C=O) groups is 2. The van der Waals surface area contributed by atoms with Gasteiger partial charge in [0, 0.05) is 27.9 Å². The minimum atomic E-state index is -1.05. The molecule has 0 spiro atoms. The maximum absolute atomic E-state index is 14.0. The molecule has 42 heavy (non-hydrogen) atoms. The number of esters is 1. The van der Waals surface area contributed by atoms with Gasteiger partial charge >= 0.3 is 5.97 Å². The number of amides is 1. The number of nitrogens with two attached hydrogens (primary N) is 1. The summed E-state index contributed by atoms with van der Waals surface area (Å²) in [6, 6.07) is 18.5. The lowest BCUT2D eigenvalue weighted by Crippen LogP contribution is -2.42. The first-order valence-electron chi connectivity index (χ1n) is 12.2. The van der Waals surface area contributed by atoms with E-state index < -0.39 is 28.3 Å². The Morgan fingerprint density at radius 3 is 2.17 bits per heavy atom. The van der Waals surface area contributed by atoms with Gasteiger partial charge in [0.1, 0.15) is 10.5 Å². The zero-order chi connectivity index (χ0) is 30.1. The number of hydrogen-bond acceptors (Lipinski definition) is 8. The van der Waals surface area contributed by atoms with E-state index in [9.17, 15) is 24.5 Å². The van der Waals surface area contributed by atoms with Crippen molar-refractivity contribution < 1.29 is 19.2 Å². The Labute approximate surface area is 251 Å². The molecule has 1 aromatic heterocycles. The van der Waals surface area contributed by atoms with Gasteiger partial charge in [0.2, 0.25) is 0 Å². The van der Waals surface area contributed by atoms with Gasteiger partial charge in [0.15, 0.2) is 0 Å². The van der Waals surface area contributed by atoms with E-state index in [0.29, 0.717) is 21.2 Å². The number of benzene rings is 3. The van der Waals surface area contributed by atoms with Crippen LogP contribution in [0.25, 0.3) is 17.5 Å². The Kier molecular flexibility index (Phi) is 7.99. The van der Waals surface area contributed by atoms with E-state index in [4.69, 9.17) is 33.7 Å². The summed E-state index contributed by atoms with van der Waals surface area (Å²) in [5.41, 5.74) is 7.16. The molecule has 1 atom stereocenters. The lowest BCUT2D eigenvalue weighted by atomic mass is 9.82. The van der Waals surface area contributed by atoms with E-state index in [1.165, 1.54) is 31.4 Å². The van der Waals surface area contributed by atoms with Crippen molar-refractivity contribution >= 4 is 75.3 Å². The first-order valence-corrected chi connectivity index (χ1v) is 13.8. The molecule has 1 aliphatic heterocycles. The van der Waals surface area contributed by atoms with Crippen LogP contribution in [0, 0.1) is 10.1 Å².